The van der Waals surface area contributed by atoms with Crippen molar-refractivity contribution in [3.05, 3.63) is 78.4 Å². The van der Waals surface area contributed by atoms with E-state index in [-0.39, 0.29) is 16.5 Å². The minimum Gasteiger partial charge on any atom is -0.492 e. The van der Waals surface area contributed by atoms with Crippen LogP contribution in [-0.2, 0) is 19.6 Å². The molecule has 178 valence electrons. The topological polar surface area (TPSA) is 105 Å². The molecule has 0 saturated carbocycles. The summed E-state index contributed by atoms with van der Waals surface area (Å²) >= 11 is 0. The molecule has 2 amide bonds. The molecule has 3 rings (SSSR count). The summed E-state index contributed by atoms with van der Waals surface area (Å²) in [5.74, 6) is -0.385. The van der Waals surface area contributed by atoms with Crippen molar-refractivity contribution in [2.45, 2.75) is 25.7 Å². The molecule has 0 aliphatic carbocycles. The second-order valence-electron chi connectivity index (χ2n) is 7.53. The van der Waals surface area contributed by atoms with Crippen molar-refractivity contribution in [1.29, 1.82) is 0 Å². The van der Waals surface area contributed by atoms with Gasteiger partial charge in [-0.15, -0.1) is 0 Å². The third-order valence-corrected chi connectivity index (χ3v) is 6.59. The maximum atomic E-state index is 13.6. The fourth-order valence-electron chi connectivity index (χ4n) is 3.25. The van der Waals surface area contributed by atoms with E-state index in [2.05, 4.69) is 10.6 Å². The average molecular weight is 482 g/mol. The molecule has 0 bridgehead atoms. The van der Waals surface area contributed by atoms with Gasteiger partial charge < -0.3 is 15.4 Å². The smallest absolute Gasteiger partial charge is 0.264 e. The Balaban J connectivity index is 1.92. The number of anilines is 3. The summed E-state index contributed by atoms with van der Waals surface area (Å²) < 4.78 is 33.9. The highest BCUT2D eigenvalue weighted by Crippen LogP contribution is 2.32. The number of carbonyl (C=O) groups is 2. The van der Waals surface area contributed by atoms with E-state index in [0.717, 1.165) is 9.87 Å². The number of amides is 2. The van der Waals surface area contributed by atoms with Crippen molar-refractivity contribution in [2.24, 2.45) is 0 Å². The number of carbonyl (C=O) groups excluding carboxylic acids is 2. The Morgan fingerprint density at radius 1 is 0.882 bits per heavy atom. The molecular weight excluding hydrogens is 454 g/mol. The number of rotatable bonds is 9. The van der Waals surface area contributed by atoms with Crippen molar-refractivity contribution >= 4 is 38.9 Å². The van der Waals surface area contributed by atoms with E-state index in [9.17, 15) is 18.0 Å². The van der Waals surface area contributed by atoms with Crippen LogP contribution in [-0.4, -0.2) is 33.4 Å². The van der Waals surface area contributed by atoms with Gasteiger partial charge in [-0.3, -0.25) is 13.9 Å². The zero-order valence-electron chi connectivity index (χ0n) is 19.2. The third kappa shape index (κ3) is 6.14. The van der Waals surface area contributed by atoms with Crippen LogP contribution < -0.4 is 19.7 Å². The first-order valence-electron chi connectivity index (χ1n) is 10.7. The van der Waals surface area contributed by atoms with Gasteiger partial charge in [0.05, 0.1) is 17.2 Å². The molecule has 3 aromatic rings. The molecule has 2 N–H and O–H groups in total. The van der Waals surface area contributed by atoms with E-state index < -0.39 is 22.5 Å². The summed E-state index contributed by atoms with van der Waals surface area (Å²) in [6.07, 6.45) is 0. The molecule has 0 aliphatic rings. The van der Waals surface area contributed by atoms with Crippen LogP contribution >= 0.6 is 0 Å². The van der Waals surface area contributed by atoms with Crippen LogP contribution in [0.4, 0.5) is 17.1 Å². The highest BCUT2D eigenvalue weighted by Gasteiger charge is 2.29. The van der Waals surface area contributed by atoms with Crippen molar-refractivity contribution in [3.8, 4) is 5.75 Å². The van der Waals surface area contributed by atoms with E-state index in [0.29, 0.717) is 23.7 Å². The van der Waals surface area contributed by atoms with Crippen LogP contribution in [0.3, 0.4) is 0 Å². The number of nitrogens with one attached hydrogen (secondary N) is 2. The van der Waals surface area contributed by atoms with Gasteiger partial charge in [-0.25, -0.2) is 8.42 Å². The number of ether oxygens (including phenoxy) is 1. The van der Waals surface area contributed by atoms with Gasteiger partial charge in [-0.05, 0) is 62.4 Å². The number of nitrogens with zero attached hydrogens (tertiary/aromatic N) is 1. The molecule has 0 aliphatic heterocycles. The van der Waals surface area contributed by atoms with Gasteiger partial charge in [0.15, 0.2) is 0 Å². The van der Waals surface area contributed by atoms with Crippen LogP contribution in [0.25, 0.3) is 0 Å². The maximum absolute atomic E-state index is 13.6. The quantitative estimate of drug-likeness (QED) is 0.477. The predicted octanol–water partition coefficient (Wildman–Crippen LogP) is 4.19. The largest absolute Gasteiger partial charge is 0.492 e. The van der Waals surface area contributed by atoms with Gasteiger partial charge in [0.1, 0.15) is 12.3 Å². The molecule has 0 aromatic heterocycles. The molecular formula is C25H27N3O5S. The zero-order chi connectivity index (χ0) is 24.7. The summed E-state index contributed by atoms with van der Waals surface area (Å²) in [5, 5.41) is 5.35. The van der Waals surface area contributed by atoms with Gasteiger partial charge >= 0.3 is 0 Å². The molecule has 0 heterocycles. The summed E-state index contributed by atoms with van der Waals surface area (Å²) in [6.45, 7) is 4.94. The van der Waals surface area contributed by atoms with Gasteiger partial charge in [-0.2, -0.15) is 0 Å². The monoisotopic (exact) mass is 481 g/mol. The third-order valence-electron chi connectivity index (χ3n) is 4.82. The number of aryl methyl sites for hydroxylation is 1. The van der Waals surface area contributed by atoms with Crippen molar-refractivity contribution < 1.29 is 22.7 Å². The first kappa shape index (κ1) is 24.8. The minimum absolute atomic E-state index is 0.0665. The number of hydrogen-bond acceptors (Lipinski definition) is 5. The highest BCUT2D eigenvalue weighted by molar-refractivity contribution is 7.92. The maximum Gasteiger partial charge on any atom is 0.264 e. The van der Waals surface area contributed by atoms with Crippen LogP contribution in [0.5, 0.6) is 5.75 Å². The van der Waals surface area contributed by atoms with Crippen molar-refractivity contribution in [3.63, 3.8) is 0 Å². The lowest BCUT2D eigenvalue weighted by Crippen LogP contribution is -2.38. The Hall–Kier alpha value is -3.85. The number of para-hydroxylation sites is 2. The molecule has 3 aromatic carbocycles. The predicted molar refractivity (Wildman–Crippen MR) is 133 cm³/mol. The Morgan fingerprint density at radius 3 is 2.06 bits per heavy atom. The van der Waals surface area contributed by atoms with Gasteiger partial charge in [0.2, 0.25) is 11.8 Å². The summed E-state index contributed by atoms with van der Waals surface area (Å²) in [5.41, 5.74) is 2.23. The number of benzene rings is 3. The summed E-state index contributed by atoms with van der Waals surface area (Å²) in [4.78, 5) is 24.2. The van der Waals surface area contributed by atoms with Crippen molar-refractivity contribution in [1.82, 2.24) is 0 Å². The summed E-state index contributed by atoms with van der Waals surface area (Å²) in [7, 11) is -4.07. The highest BCUT2D eigenvalue weighted by atomic mass is 32.2. The molecule has 9 heteroatoms. The fraction of sp³-hybridized carbons (Fsp3) is 0.200. The van der Waals surface area contributed by atoms with E-state index in [4.69, 9.17) is 4.74 Å². The Kier molecular flexibility index (Phi) is 7.91. The van der Waals surface area contributed by atoms with Crippen LogP contribution in [0, 0.1) is 6.92 Å². The molecule has 0 fully saturated rings. The van der Waals surface area contributed by atoms with Gasteiger partial charge in [-0.1, -0.05) is 29.8 Å². The second kappa shape index (κ2) is 10.8. The van der Waals surface area contributed by atoms with E-state index >= 15 is 0 Å². The molecule has 0 spiro atoms. The molecule has 34 heavy (non-hydrogen) atoms. The Labute approximate surface area is 199 Å². The first-order valence-corrected chi connectivity index (χ1v) is 12.1. The standard InChI is InChI=1S/C25H27N3O5S/c1-4-33-24-8-6-5-7-23(24)28(34(31,32)22-15-9-18(2)10-16-22)17-25(30)27-21-13-11-20(12-14-21)26-19(3)29/h5-16H,4,17H2,1-3H3,(H,26,29)(H,27,30). The molecule has 0 unspecified atom stereocenters. The lowest BCUT2D eigenvalue weighted by Gasteiger charge is -2.26. The zero-order valence-corrected chi connectivity index (χ0v) is 20.1. The number of sulfonamides is 1. The van der Waals surface area contributed by atoms with E-state index in [1.54, 1.807) is 67.6 Å². The Morgan fingerprint density at radius 2 is 1.47 bits per heavy atom. The fourth-order valence-corrected chi connectivity index (χ4v) is 4.68. The SMILES string of the molecule is CCOc1ccccc1N(CC(=O)Nc1ccc(NC(C)=O)cc1)S(=O)(=O)c1ccc(C)cc1. The van der Waals surface area contributed by atoms with Gasteiger partial charge in [0, 0.05) is 18.3 Å². The van der Waals surface area contributed by atoms with Gasteiger partial charge in [0.25, 0.3) is 10.0 Å². The lowest BCUT2D eigenvalue weighted by atomic mass is 10.2. The Bertz CT molecular complexity index is 1260. The van der Waals surface area contributed by atoms with Crippen LogP contribution in [0.2, 0.25) is 0 Å². The van der Waals surface area contributed by atoms with Crippen molar-refractivity contribution in [2.75, 3.05) is 28.1 Å². The normalized spacial score (nSPS) is 10.9. The first-order chi connectivity index (χ1) is 16.2. The number of hydrogen-bond donors (Lipinski definition) is 2. The molecule has 0 atom stereocenters. The van der Waals surface area contributed by atoms with E-state index in [1.165, 1.54) is 19.1 Å². The van der Waals surface area contributed by atoms with Crippen LogP contribution in [0.1, 0.15) is 19.4 Å². The minimum atomic E-state index is -4.07. The molecule has 0 saturated heterocycles. The molecule has 8 nitrogen and oxygen atoms in total. The second-order valence-corrected chi connectivity index (χ2v) is 9.39. The van der Waals surface area contributed by atoms with E-state index in [1.807, 2.05) is 6.92 Å². The van der Waals surface area contributed by atoms with Crippen LogP contribution in [0.15, 0.2) is 77.7 Å². The lowest BCUT2D eigenvalue weighted by molar-refractivity contribution is -0.115. The molecule has 0 radical (unpaired) electrons. The average Bonchev–Trinajstić information content (AvgIpc) is 2.79. The summed E-state index contributed by atoms with van der Waals surface area (Å²) in [6, 6.07) is 19.7.